The van der Waals surface area contributed by atoms with Crippen LogP contribution < -0.4 is 0 Å². The molecule has 1 aliphatic heterocycles. The fourth-order valence-electron chi connectivity index (χ4n) is 3.69. The second-order valence-electron chi connectivity index (χ2n) is 7.40. The van der Waals surface area contributed by atoms with Gasteiger partial charge >= 0.3 is 0 Å². The highest BCUT2D eigenvalue weighted by Gasteiger charge is 2.35. The third-order valence-corrected chi connectivity index (χ3v) is 5.39. The van der Waals surface area contributed by atoms with Gasteiger partial charge < -0.3 is 9.32 Å². The lowest BCUT2D eigenvalue weighted by Crippen LogP contribution is -2.43. The maximum atomic E-state index is 12.7. The highest BCUT2D eigenvalue weighted by Crippen LogP contribution is 2.30. The second-order valence-corrected chi connectivity index (χ2v) is 7.40. The minimum absolute atomic E-state index is 0.0513. The zero-order valence-electron chi connectivity index (χ0n) is 15.6. The van der Waals surface area contributed by atoms with Crippen molar-refractivity contribution in [2.45, 2.75) is 51.2 Å². The highest BCUT2D eigenvalue weighted by atomic mass is 16.4. The number of amides is 1. The molecule has 0 spiro atoms. The monoisotopic (exact) mass is 364 g/mol. The van der Waals surface area contributed by atoms with Crippen LogP contribution in [0.5, 0.6) is 0 Å². The van der Waals surface area contributed by atoms with Gasteiger partial charge in [0.1, 0.15) is 11.8 Å². The number of aromatic nitrogens is 1. The number of aryl methyl sites for hydroxylation is 1. The fraction of sp³-hybridized carbons (Fsp3) is 0.476. The van der Waals surface area contributed by atoms with Gasteiger partial charge in [-0.3, -0.25) is 9.69 Å². The Morgan fingerprint density at radius 1 is 1.33 bits per heavy atom. The van der Waals surface area contributed by atoms with E-state index in [1.807, 2.05) is 37.3 Å². The van der Waals surface area contributed by atoms with Crippen molar-refractivity contribution in [1.29, 1.82) is 5.26 Å². The lowest BCUT2D eigenvalue weighted by Gasteiger charge is -2.25. The third-order valence-electron chi connectivity index (χ3n) is 5.39. The van der Waals surface area contributed by atoms with E-state index in [1.165, 1.54) is 0 Å². The Bertz CT molecular complexity index is 851. The number of carbonyl (C=O) groups excluding carboxylic acids is 1. The molecular weight excluding hydrogens is 340 g/mol. The molecule has 1 aromatic heterocycles. The maximum Gasteiger partial charge on any atom is 0.237 e. The minimum Gasteiger partial charge on any atom is -0.441 e. The SMILES string of the molecule is Cc1oc(-c2ccccc2)nc1CN(CC(=O)N1CCCC1C#N)C1CC1. The Labute approximate surface area is 159 Å². The highest BCUT2D eigenvalue weighted by molar-refractivity contribution is 5.79. The molecular formula is C21H24N4O2. The van der Waals surface area contributed by atoms with Crippen molar-refractivity contribution in [3.8, 4) is 17.5 Å². The molecule has 1 amide bonds. The van der Waals surface area contributed by atoms with Crippen LogP contribution in [0.4, 0.5) is 0 Å². The van der Waals surface area contributed by atoms with Gasteiger partial charge in [-0.2, -0.15) is 5.26 Å². The number of carbonyl (C=O) groups is 1. The van der Waals surface area contributed by atoms with Gasteiger partial charge in [0.05, 0.1) is 18.3 Å². The average Bonchev–Trinajstić information content (AvgIpc) is 3.31. The number of rotatable bonds is 6. The molecule has 1 saturated heterocycles. The standard InChI is InChI=1S/C21H24N4O2/c1-15-19(23-21(27-15)16-6-3-2-4-7-16)13-24(17-9-10-17)14-20(26)25-11-5-8-18(25)12-22/h2-4,6-7,17-18H,5,8-11,13-14H2,1H3. The van der Waals surface area contributed by atoms with Gasteiger partial charge in [0.2, 0.25) is 11.8 Å². The summed E-state index contributed by atoms with van der Waals surface area (Å²) in [5, 5.41) is 9.24. The number of hydrogen-bond donors (Lipinski definition) is 0. The quantitative estimate of drug-likeness (QED) is 0.787. The summed E-state index contributed by atoms with van der Waals surface area (Å²) in [7, 11) is 0. The molecule has 6 heteroatoms. The first-order valence-corrected chi connectivity index (χ1v) is 9.60. The van der Waals surface area contributed by atoms with Crippen molar-refractivity contribution < 1.29 is 9.21 Å². The van der Waals surface area contributed by atoms with Crippen molar-refractivity contribution in [1.82, 2.24) is 14.8 Å². The smallest absolute Gasteiger partial charge is 0.237 e. The molecule has 1 aliphatic carbocycles. The predicted octanol–water partition coefficient (Wildman–Crippen LogP) is 3.13. The molecule has 2 aliphatic rings. The van der Waals surface area contributed by atoms with Crippen LogP contribution in [-0.2, 0) is 11.3 Å². The summed E-state index contributed by atoms with van der Waals surface area (Å²) >= 11 is 0. The molecule has 1 atom stereocenters. The zero-order chi connectivity index (χ0) is 18.8. The van der Waals surface area contributed by atoms with Gasteiger partial charge in [-0.25, -0.2) is 4.98 Å². The normalized spacial score (nSPS) is 19.4. The van der Waals surface area contributed by atoms with Crippen molar-refractivity contribution >= 4 is 5.91 Å². The van der Waals surface area contributed by atoms with Crippen LogP contribution in [0, 0.1) is 18.3 Å². The predicted molar refractivity (Wildman–Crippen MR) is 100 cm³/mol. The van der Waals surface area contributed by atoms with Gasteiger partial charge in [-0.15, -0.1) is 0 Å². The first-order valence-electron chi connectivity index (χ1n) is 9.60. The van der Waals surface area contributed by atoms with Crippen LogP contribution in [0.1, 0.15) is 37.1 Å². The molecule has 140 valence electrons. The van der Waals surface area contributed by atoms with E-state index < -0.39 is 0 Å². The van der Waals surface area contributed by atoms with E-state index in [4.69, 9.17) is 4.42 Å². The molecule has 2 aromatic rings. The van der Waals surface area contributed by atoms with Crippen LogP contribution in [0.2, 0.25) is 0 Å². The van der Waals surface area contributed by atoms with E-state index in [2.05, 4.69) is 16.0 Å². The van der Waals surface area contributed by atoms with E-state index in [9.17, 15) is 10.1 Å². The molecule has 0 N–H and O–H groups in total. The summed E-state index contributed by atoms with van der Waals surface area (Å²) in [5.41, 5.74) is 1.83. The van der Waals surface area contributed by atoms with Crippen LogP contribution >= 0.6 is 0 Å². The molecule has 0 radical (unpaired) electrons. The topological polar surface area (TPSA) is 73.4 Å². The molecule has 1 unspecified atom stereocenters. The molecule has 4 rings (SSSR count). The van der Waals surface area contributed by atoms with Crippen molar-refractivity contribution in [2.24, 2.45) is 0 Å². The summed E-state index contributed by atoms with van der Waals surface area (Å²) < 4.78 is 5.86. The summed E-state index contributed by atoms with van der Waals surface area (Å²) in [4.78, 5) is 21.4. The molecule has 0 bridgehead atoms. The van der Waals surface area contributed by atoms with Crippen molar-refractivity contribution in [3.05, 3.63) is 41.8 Å². The van der Waals surface area contributed by atoms with E-state index in [-0.39, 0.29) is 11.9 Å². The van der Waals surface area contributed by atoms with E-state index in [1.54, 1.807) is 4.90 Å². The number of nitriles is 1. The molecule has 27 heavy (non-hydrogen) atoms. The largest absolute Gasteiger partial charge is 0.441 e. The van der Waals surface area contributed by atoms with Crippen LogP contribution in [0.25, 0.3) is 11.5 Å². The van der Waals surface area contributed by atoms with Gasteiger partial charge in [-0.1, -0.05) is 18.2 Å². The Morgan fingerprint density at radius 2 is 2.11 bits per heavy atom. The summed E-state index contributed by atoms with van der Waals surface area (Å²) in [6, 6.07) is 12.3. The van der Waals surface area contributed by atoms with Gasteiger partial charge in [-0.05, 0) is 44.7 Å². The van der Waals surface area contributed by atoms with Crippen LogP contribution in [-0.4, -0.2) is 45.9 Å². The third kappa shape index (κ3) is 3.88. The van der Waals surface area contributed by atoms with Gasteiger partial charge in [0.15, 0.2) is 0 Å². The number of nitrogens with zero attached hydrogens (tertiary/aromatic N) is 4. The summed E-state index contributed by atoms with van der Waals surface area (Å²) in [6.45, 7) is 3.56. The maximum absolute atomic E-state index is 12.7. The zero-order valence-corrected chi connectivity index (χ0v) is 15.6. The minimum atomic E-state index is -0.267. The fourth-order valence-corrected chi connectivity index (χ4v) is 3.69. The summed E-state index contributed by atoms with van der Waals surface area (Å²) in [5.74, 6) is 1.47. The molecule has 6 nitrogen and oxygen atoms in total. The molecule has 1 aromatic carbocycles. The summed E-state index contributed by atoms with van der Waals surface area (Å²) in [6.07, 6.45) is 3.92. The molecule has 1 saturated carbocycles. The van der Waals surface area contributed by atoms with Crippen LogP contribution in [0.15, 0.2) is 34.7 Å². The van der Waals surface area contributed by atoms with Gasteiger partial charge in [0.25, 0.3) is 0 Å². The number of oxazole rings is 1. The Balaban J connectivity index is 1.47. The van der Waals surface area contributed by atoms with Crippen molar-refractivity contribution in [3.63, 3.8) is 0 Å². The average molecular weight is 364 g/mol. The van der Waals surface area contributed by atoms with E-state index in [0.717, 1.165) is 42.7 Å². The number of likely N-dealkylation sites (tertiary alicyclic amines) is 1. The van der Waals surface area contributed by atoms with Gasteiger partial charge in [0, 0.05) is 24.7 Å². The first kappa shape index (κ1) is 17.7. The van der Waals surface area contributed by atoms with Crippen molar-refractivity contribution in [2.75, 3.05) is 13.1 Å². The Hall–Kier alpha value is -2.65. The lowest BCUT2D eigenvalue weighted by molar-refractivity contribution is -0.132. The molecule has 2 fully saturated rings. The van der Waals surface area contributed by atoms with Crippen LogP contribution in [0.3, 0.4) is 0 Å². The number of benzene rings is 1. The first-order chi connectivity index (χ1) is 13.2. The van der Waals surface area contributed by atoms with E-state index >= 15 is 0 Å². The number of hydrogen-bond acceptors (Lipinski definition) is 5. The lowest BCUT2D eigenvalue weighted by atomic mass is 10.2. The Morgan fingerprint density at radius 3 is 2.81 bits per heavy atom. The van der Waals surface area contributed by atoms with E-state index in [0.29, 0.717) is 31.6 Å². The Kier molecular flexibility index (Phi) is 4.95. The second kappa shape index (κ2) is 7.53. The molecule has 2 heterocycles.